The number of thiophene rings is 1. The van der Waals surface area contributed by atoms with Gasteiger partial charge in [0.15, 0.2) is 11.7 Å². The van der Waals surface area contributed by atoms with Crippen LogP contribution >= 0.6 is 22.9 Å². The highest BCUT2D eigenvalue weighted by Crippen LogP contribution is 2.38. The molecule has 3 heterocycles. The second-order valence-corrected chi connectivity index (χ2v) is 11.7. The summed E-state index contributed by atoms with van der Waals surface area (Å²) in [5, 5.41) is 0.683. The van der Waals surface area contributed by atoms with Crippen molar-refractivity contribution in [3.05, 3.63) is 53.5 Å². The molecule has 0 amide bonds. The van der Waals surface area contributed by atoms with Crippen molar-refractivity contribution in [2.45, 2.75) is 35.8 Å². The van der Waals surface area contributed by atoms with E-state index in [4.69, 9.17) is 16.0 Å². The standard InChI is InChI=1S/C22H24ClN3O3S2/c23-17-6-3-7-18(14-17)25-10-12-26(13-11-25)31(27,28)21-9-8-20(30-21)19-15-24-22(29-19)16-4-1-2-5-16/h3,6-9,14-16H,1-2,4-5,10-13H2. The van der Waals surface area contributed by atoms with Crippen molar-refractivity contribution in [3.8, 4) is 10.6 Å². The third-order valence-electron chi connectivity index (χ3n) is 6.06. The Morgan fingerprint density at radius 3 is 2.58 bits per heavy atom. The molecule has 1 aliphatic heterocycles. The van der Waals surface area contributed by atoms with Crippen LogP contribution in [0, 0.1) is 0 Å². The molecule has 0 radical (unpaired) electrons. The number of hydrogen-bond donors (Lipinski definition) is 0. The zero-order valence-electron chi connectivity index (χ0n) is 17.0. The van der Waals surface area contributed by atoms with Gasteiger partial charge in [0.05, 0.1) is 11.1 Å². The van der Waals surface area contributed by atoms with Gasteiger partial charge in [0.25, 0.3) is 10.0 Å². The molecule has 3 aromatic rings. The van der Waals surface area contributed by atoms with E-state index in [1.807, 2.05) is 30.3 Å². The molecule has 1 saturated heterocycles. The first-order valence-corrected chi connectivity index (χ1v) is 13.2. The molecular formula is C22H24ClN3O3S2. The predicted octanol–water partition coefficient (Wildman–Crippen LogP) is 5.23. The van der Waals surface area contributed by atoms with Crippen molar-refractivity contribution in [3.63, 3.8) is 0 Å². The van der Waals surface area contributed by atoms with E-state index in [2.05, 4.69) is 9.88 Å². The Labute approximate surface area is 191 Å². The van der Waals surface area contributed by atoms with E-state index in [-0.39, 0.29) is 0 Å². The van der Waals surface area contributed by atoms with Gasteiger partial charge in [-0.05, 0) is 43.2 Å². The molecular weight excluding hydrogens is 454 g/mol. The van der Waals surface area contributed by atoms with Gasteiger partial charge in [-0.2, -0.15) is 4.31 Å². The minimum atomic E-state index is -3.53. The van der Waals surface area contributed by atoms with Crippen molar-refractivity contribution < 1.29 is 12.8 Å². The first kappa shape index (κ1) is 21.0. The summed E-state index contributed by atoms with van der Waals surface area (Å²) in [4.78, 5) is 7.41. The SMILES string of the molecule is O=S(=O)(c1ccc(-c2cnc(C3CCCC3)o2)s1)N1CCN(c2cccc(Cl)c2)CC1. The summed E-state index contributed by atoms with van der Waals surface area (Å²) < 4.78 is 34.3. The van der Waals surface area contributed by atoms with Gasteiger partial charge in [0, 0.05) is 42.8 Å². The molecule has 2 fully saturated rings. The van der Waals surface area contributed by atoms with Crippen molar-refractivity contribution in [2.75, 3.05) is 31.1 Å². The molecule has 0 unspecified atom stereocenters. The summed E-state index contributed by atoms with van der Waals surface area (Å²) in [6.07, 6.45) is 6.39. The van der Waals surface area contributed by atoms with E-state index in [0.29, 0.717) is 47.1 Å². The van der Waals surface area contributed by atoms with Crippen molar-refractivity contribution >= 4 is 38.6 Å². The molecule has 1 aliphatic carbocycles. The van der Waals surface area contributed by atoms with E-state index in [1.54, 1.807) is 16.6 Å². The highest BCUT2D eigenvalue weighted by molar-refractivity contribution is 7.91. The Balaban J connectivity index is 1.28. The summed E-state index contributed by atoms with van der Waals surface area (Å²) in [5.41, 5.74) is 1.02. The van der Waals surface area contributed by atoms with E-state index < -0.39 is 10.0 Å². The topological polar surface area (TPSA) is 66.7 Å². The fourth-order valence-corrected chi connectivity index (χ4v) is 7.35. The summed E-state index contributed by atoms with van der Waals surface area (Å²) in [6.45, 7) is 2.14. The van der Waals surface area contributed by atoms with Crippen LogP contribution in [-0.4, -0.2) is 43.9 Å². The van der Waals surface area contributed by atoms with Crippen LogP contribution in [0.4, 0.5) is 5.69 Å². The van der Waals surface area contributed by atoms with Crippen molar-refractivity contribution in [2.24, 2.45) is 0 Å². The quantitative estimate of drug-likeness (QED) is 0.503. The summed E-state index contributed by atoms with van der Waals surface area (Å²) in [6, 6.07) is 11.2. The van der Waals surface area contributed by atoms with Crippen LogP contribution in [0.2, 0.25) is 5.02 Å². The van der Waals surface area contributed by atoms with Gasteiger partial charge < -0.3 is 9.32 Å². The molecule has 6 nitrogen and oxygen atoms in total. The average Bonchev–Trinajstić information content (AvgIpc) is 3.55. The van der Waals surface area contributed by atoms with Gasteiger partial charge in [-0.1, -0.05) is 30.5 Å². The number of hydrogen-bond acceptors (Lipinski definition) is 6. The molecule has 1 aromatic carbocycles. The molecule has 0 N–H and O–H groups in total. The molecule has 0 spiro atoms. The van der Waals surface area contributed by atoms with Crippen molar-refractivity contribution in [1.82, 2.24) is 9.29 Å². The fraction of sp³-hybridized carbons (Fsp3) is 0.409. The Bertz CT molecular complexity index is 1160. The van der Waals surface area contributed by atoms with Crippen LogP contribution < -0.4 is 4.90 Å². The van der Waals surface area contributed by atoms with E-state index >= 15 is 0 Å². The zero-order valence-corrected chi connectivity index (χ0v) is 19.4. The van der Waals surface area contributed by atoms with Crippen LogP contribution in [0.1, 0.15) is 37.5 Å². The summed E-state index contributed by atoms with van der Waals surface area (Å²) in [7, 11) is -3.53. The van der Waals surface area contributed by atoms with Gasteiger partial charge in [-0.25, -0.2) is 13.4 Å². The lowest BCUT2D eigenvalue weighted by atomic mass is 10.1. The smallest absolute Gasteiger partial charge is 0.252 e. The molecule has 0 bridgehead atoms. The number of oxazole rings is 1. The second-order valence-electron chi connectivity index (χ2n) is 8.03. The lowest BCUT2D eigenvalue weighted by Crippen LogP contribution is -2.48. The number of anilines is 1. The fourth-order valence-electron chi connectivity index (χ4n) is 4.34. The maximum absolute atomic E-state index is 13.2. The molecule has 0 atom stereocenters. The lowest BCUT2D eigenvalue weighted by molar-refractivity contribution is 0.386. The van der Waals surface area contributed by atoms with E-state index in [0.717, 1.165) is 29.3 Å². The number of nitrogens with zero attached hydrogens (tertiary/aromatic N) is 3. The Hall–Kier alpha value is -1.87. The van der Waals surface area contributed by atoms with Crippen LogP contribution in [0.5, 0.6) is 0 Å². The Morgan fingerprint density at radius 2 is 1.84 bits per heavy atom. The van der Waals surface area contributed by atoms with Gasteiger partial charge in [-0.15, -0.1) is 11.3 Å². The molecule has 1 saturated carbocycles. The average molecular weight is 478 g/mol. The van der Waals surface area contributed by atoms with Gasteiger partial charge in [-0.3, -0.25) is 0 Å². The number of piperazine rings is 1. The minimum Gasteiger partial charge on any atom is -0.440 e. The Morgan fingerprint density at radius 1 is 1.06 bits per heavy atom. The maximum atomic E-state index is 13.2. The molecule has 5 rings (SSSR count). The molecule has 2 aromatic heterocycles. The molecule has 31 heavy (non-hydrogen) atoms. The summed E-state index contributed by atoms with van der Waals surface area (Å²) >= 11 is 7.34. The third kappa shape index (κ3) is 4.26. The normalized spacial score (nSPS) is 18.7. The molecule has 2 aliphatic rings. The molecule has 164 valence electrons. The lowest BCUT2D eigenvalue weighted by Gasteiger charge is -2.35. The predicted molar refractivity (Wildman–Crippen MR) is 123 cm³/mol. The van der Waals surface area contributed by atoms with Crippen LogP contribution in [-0.2, 0) is 10.0 Å². The number of halogens is 1. The number of aromatic nitrogens is 1. The van der Waals surface area contributed by atoms with E-state index in [1.165, 1.54) is 24.2 Å². The third-order valence-corrected chi connectivity index (χ3v) is 9.76. The highest BCUT2D eigenvalue weighted by Gasteiger charge is 2.30. The second kappa shape index (κ2) is 8.58. The van der Waals surface area contributed by atoms with Gasteiger partial charge >= 0.3 is 0 Å². The number of benzene rings is 1. The summed E-state index contributed by atoms with van der Waals surface area (Å²) in [5.74, 6) is 1.83. The molecule has 9 heteroatoms. The largest absolute Gasteiger partial charge is 0.440 e. The van der Waals surface area contributed by atoms with E-state index in [9.17, 15) is 8.42 Å². The maximum Gasteiger partial charge on any atom is 0.252 e. The van der Waals surface area contributed by atoms with Crippen LogP contribution in [0.3, 0.4) is 0 Å². The van der Waals surface area contributed by atoms with Crippen LogP contribution in [0.25, 0.3) is 10.6 Å². The first-order valence-electron chi connectivity index (χ1n) is 10.6. The van der Waals surface area contributed by atoms with Gasteiger partial charge in [0.1, 0.15) is 4.21 Å². The highest BCUT2D eigenvalue weighted by atomic mass is 35.5. The van der Waals surface area contributed by atoms with Gasteiger partial charge in [0.2, 0.25) is 0 Å². The minimum absolute atomic E-state index is 0.345. The number of rotatable bonds is 5. The van der Waals surface area contributed by atoms with Crippen molar-refractivity contribution in [1.29, 1.82) is 0 Å². The monoisotopic (exact) mass is 477 g/mol. The first-order chi connectivity index (χ1) is 15.0. The zero-order chi connectivity index (χ0) is 21.4. The number of sulfonamides is 1. The Kier molecular flexibility index (Phi) is 5.81. The van der Waals surface area contributed by atoms with Crippen LogP contribution in [0.15, 0.2) is 51.2 Å².